The summed E-state index contributed by atoms with van der Waals surface area (Å²) in [5.41, 5.74) is 2.99. The molecular formula is C31H39N3O5S. The van der Waals surface area contributed by atoms with Crippen LogP contribution in [0.4, 0.5) is 5.69 Å². The Labute approximate surface area is 238 Å². The third kappa shape index (κ3) is 7.85. The molecule has 0 aliphatic carbocycles. The van der Waals surface area contributed by atoms with Gasteiger partial charge in [-0.15, -0.1) is 0 Å². The molecule has 9 heteroatoms. The summed E-state index contributed by atoms with van der Waals surface area (Å²) in [4.78, 5) is 28.5. The van der Waals surface area contributed by atoms with Crippen LogP contribution in [0.25, 0.3) is 0 Å². The van der Waals surface area contributed by atoms with E-state index in [4.69, 9.17) is 4.74 Å². The number of nitrogens with one attached hydrogen (secondary N) is 1. The van der Waals surface area contributed by atoms with Gasteiger partial charge in [-0.05, 0) is 69.2 Å². The van der Waals surface area contributed by atoms with Gasteiger partial charge in [0.25, 0.3) is 10.0 Å². The van der Waals surface area contributed by atoms with Gasteiger partial charge in [0.05, 0.1) is 17.7 Å². The van der Waals surface area contributed by atoms with Crippen LogP contribution in [-0.2, 0) is 26.2 Å². The number of unbranched alkanes of at least 4 members (excludes halogenated alkanes) is 1. The van der Waals surface area contributed by atoms with Crippen LogP contribution in [0.2, 0.25) is 0 Å². The van der Waals surface area contributed by atoms with Gasteiger partial charge in [0.1, 0.15) is 18.3 Å². The number of aryl methyl sites for hydroxylation is 2. The van der Waals surface area contributed by atoms with Crippen molar-refractivity contribution < 1.29 is 22.7 Å². The van der Waals surface area contributed by atoms with Crippen molar-refractivity contribution in [2.24, 2.45) is 0 Å². The summed E-state index contributed by atoms with van der Waals surface area (Å²) in [5.74, 6) is -0.182. The van der Waals surface area contributed by atoms with Gasteiger partial charge in [-0.1, -0.05) is 60.9 Å². The fourth-order valence-corrected chi connectivity index (χ4v) is 5.58. The van der Waals surface area contributed by atoms with Gasteiger partial charge < -0.3 is 15.0 Å². The van der Waals surface area contributed by atoms with E-state index in [1.807, 2.05) is 32.9 Å². The van der Waals surface area contributed by atoms with Crippen molar-refractivity contribution in [3.05, 3.63) is 89.5 Å². The zero-order valence-electron chi connectivity index (χ0n) is 23.9. The Hall–Kier alpha value is -3.85. The minimum absolute atomic E-state index is 0.0798. The van der Waals surface area contributed by atoms with E-state index in [0.717, 1.165) is 33.8 Å². The topological polar surface area (TPSA) is 96.0 Å². The van der Waals surface area contributed by atoms with Gasteiger partial charge in [-0.3, -0.25) is 13.9 Å². The Morgan fingerprint density at radius 3 is 2.17 bits per heavy atom. The molecule has 1 N–H and O–H groups in total. The van der Waals surface area contributed by atoms with Gasteiger partial charge >= 0.3 is 0 Å². The van der Waals surface area contributed by atoms with Gasteiger partial charge in [-0.2, -0.15) is 0 Å². The molecule has 3 rings (SSSR count). The van der Waals surface area contributed by atoms with Crippen LogP contribution in [0.3, 0.4) is 0 Å². The zero-order valence-corrected chi connectivity index (χ0v) is 24.7. The summed E-state index contributed by atoms with van der Waals surface area (Å²) >= 11 is 0. The summed E-state index contributed by atoms with van der Waals surface area (Å²) in [7, 11) is -2.54. The minimum Gasteiger partial charge on any atom is -0.497 e. The summed E-state index contributed by atoms with van der Waals surface area (Å²) < 4.78 is 34.2. The molecule has 0 spiro atoms. The van der Waals surface area contributed by atoms with E-state index >= 15 is 0 Å². The van der Waals surface area contributed by atoms with E-state index in [2.05, 4.69) is 5.32 Å². The molecule has 40 heavy (non-hydrogen) atoms. The van der Waals surface area contributed by atoms with Crippen LogP contribution in [0, 0.1) is 13.8 Å². The normalized spacial score (nSPS) is 11.9. The third-order valence-electron chi connectivity index (χ3n) is 6.69. The van der Waals surface area contributed by atoms with E-state index in [9.17, 15) is 18.0 Å². The SMILES string of the molecule is CCCCNC(=O)[C@@H](C)N(Cc1cccc(OC)c1)C(=O)CN(c1ccc(C)cc1)S(=O)(=O)c1ccc(C)cc1. The third-order valence-corrected chi connectivity index (χ3v) is 8.48. The number of rotatable bonds is 13. The molecule has 8 nitrogen and oxygen atoms in total. The number of amides is 2. The lowest BCUT2D eigenvalue weighted by Gasteiger charge is -2.32. The minimum atomic E-state index is -4.09. The Balaban J connectivity index is 2.00. The lowest BCUT2D eigenvalue weighted by Crippen LogP contribution is -2.51. The first-order chi connectivity index (χ1) is 19.1. The van der Waals surface area contributed by atoms with Crippen LogP contribution < -0.4 is 14.4 Å². The largest absolute Gasteiger partial charge is 0.497 e. The number of anilines is 1. The second-order valence-electron chi connectivity index (χ2n) is 9.85. The lowest BCUT2D eigenvalue weighted by atomic mass is 10.1. The van der Waals surface area contributed by atoms with Crippen molar-refractivity contribution in [1.29, 1.82) is 0 Å². The van der Waals surface area contributed by atoms with E-state index < -0.39 is 28.5 Å². The monoisotopic (exact) mass is 565 g/mol. The number of sulfonamides is 1. The van der Waals surface area contributed by atoms with Crippen LogP contribution in [-0.4, -0.2) is 51.4 Å². The quantitative estimate of drug-likeness (QED) is 0.299. The number of benzene rings is 3. The van der Waals surface area contributed by atoms with E-state index in [1.165, 1.54) is 17.0 Å². The van der Waals surface area contributed by atoms with Crippen molar-refractivity contribution in [1.82, 2.24) is 10.2 Å². The number of carbonyl (C=O) groups is 2. The Morgan fingerprint density at radius 2 is 1.57 bits per heavy atom. The maximum absolute atomic E-state index is 14.0. The molecule has 0 aliphatic rings. The molecular weight excluding hydrogens is 526 g/mol. The molecule has 0 heterocycles. The molecule has 0 saturated heterocycles. The first-order valence-electron chi connectivity index (χ1n) is 13.4. The highest BCUT2D eigenvalue weighted by molar-refractivity contribution is 7.92. The van der Waals surface area contributed by atoms with Crippen molar-refractivity contribution >= 4 is 27.5 Å². The molecule has 0 aromatic heterocycles. The van der Waals surface area contributed by atoms with Crippen LogP contribution in [0.15, 0.2) is 77.7 Å². The fourth-order valence-electron chi connectivity index (χ4n) is 4.16. The van der Waals surface area contributed by atoms with Crippen molar-refractivity contribution in [3.8, 4) is 5.75 Å². The average molecular weight is 566 g/mol. The highest BCUT2D eigenvalue weighted by atomic mass is 32.2. The predicted octanol–water partition coefficient (Wildman–Crippen LogP) is 4.84. The molecule has 3 aromatic carbocycles. The van der Waals surface area contributed by atoms with Crippen molar-refractivity contribution in [2.75, 3.05) is 24.5 Å². The summed E-state index contributed by atoms with van der Waals surface area (Å²) in [6, 6.07) is 19.9. The van der Waals surface area contributed by atoms with E-state index in [1.54, 1.807) is 62.6 Å². The Kier molecular flexibility index (Phi) is 10.7. The molecule has 214 valence electrons. The van der Waals surface area contributed by atoms with Crippen molar-refractivity contribution in [3.63, 3.8) is 0 Å². The number of nitrogens with zero attached hydrogens (tertiary/aromatic N) is 2. The molecule has 2 amide bonds. The standard InChI is InChI=1S/C31H39N3O5S/c1-6-7-19-32-31(36)25(4)33(21-26-9-8-10-28(20-26)39-5)30(35)22-34(27-15-11-23(2)12-16-27)40(37,38)29-17-13-24(3)14-18-29/h8-18,20,25H,6-7,19,21-22H2,1-5H3,(H,32,36)/t25-/m1/s1. The highest BCUT2D eigenvalue weighted by Crippen LogP contribution is 2.25. The number of hydrogen-bond acceptors (Lipinski definition) is 5. The first-order valence-corrected chi connectivity index (χ1v) is 14.9. The van der Waals surface area contributed by atoms with Crippen LogP contribution >= 0.6 is 0 Å². The zero-order chi connectivity index (χ0) is 29.3. The van der Waals surface area contributed by atoms with Crippen LogP contribution in [0.5, 0.6) is 5.75 Å². The fraction of sp³-hybridized carbons (Fsp3) is 0.355. The maximum atomic E-state index is 14.0. The molecule has 0 bridgehead atoms. The second-order valence-corrected chi connectivity index (χ2v) is 11.7. The Bertz CT molecular complexity index is 1390. The smallest absolute Gasteiger partial charge is 0.264 e. The number of hydrogen-bond donors (Lipinski definition) is 1. The number of carbonyl (C=O) groups excluding carboxylic acids is 2. The first kappa shape index (κ1) is 30.7. The number of methoxy groups -OCH3 is 1. The van der Waals surface area contributed by atoms with Gasteiger partial charge in [0.15, 0.2) is 0 Å². The molecule has 0 radical (unpaired) electrons. The molecule has 0 aliphatic heterocycles. The van der Waals surface area contributed by atoms with Crippen LogP contribution in [0.1, 0.15) is 43.4 Å². The Morgan fingerprint density at radius 1 is 0.950 bits per heavy atom. The summed E-state index contributed by atoms with van der Waals surface area (Å²) in [5, 5.41) is 2.89. The van der Waals surface area contributed by atoms with Crippen molar-refractivity contribution in [2.45, 2.75) is 58.0 Å². The summed E-state index contributed by atoms with van der Waals surface area (Å²) in [6.45, 7) is 7.59. The molecule has 0 unspecified atom stereocenters. The highest BCUT2D eigenvalue weighted by Gasteiger charge is 2.32. The van der Waals surface area contributed by atoms with E-state index in [-0.39, 0.29) is 17.3 Å². The average Bonchev–Trinajstić information content (AvgIpc) is 2.95. The van der Waals surface area contributed by atoms with Gasteiger partial charge in [0.2, 0.25) is 11.8 Å². The molecule has 3 aromatic rings. The molecule has 0 saturated carbocycles. The molecule has 0 fully saturated rings. The predicted molar refractivity (Wildman–Crippen MR) is 158 cm³/mol. The van der Waals surface area contributed by atoms with Gasteiger partial charge in [0, 0.05) is 13.1 Å². The van der Waals surface area contributed by atoms with Gasteiger partial charge in [-0.25, -0.2) is 8.42 Å². The molecule has 1 atom stereocenters. The second kappa shape index (κ2) is 14.0. The summed E-state index contributed by atoms with van der Waals surface area (Å²) in [6.07, 6.45) is 1.74. The van der Waals surface area contributed by atoms with E-state index in [0.29, 0.717) is 18.0 Å². The number of ether oxygens (including phenoxy) is 1. The lowest BCUT2D eigenvalue weighted by molar-refractivity contribution is -0.139. The maximum Gasteiger partial charge on any atom is 0.264 e.